The minimum Gasteiger partial charge on any atom is -0.478 e. The predicted molar refractivity (Wildman–Crippen MR) is 113 cm³/mol. The molecular formula is C20H21F7N2O9S. The second-order valence-electron chi connectivity index (χ2n) is 8.26. The third kappa shape index (κ3) is 6.60. The van der Waals surface area contributed by atoms with Gasteiger partial charge in [0.2, 0.25) is 15.8 Å². The number of aliphatic carboxylic acids is 1. The third-order valence-electron chi connectivity index (χ3n) is 5.42. The van der Waals surface area contributed by atoms with Crippen LogP contribution in [-0.4, -0.2) is 95.7 Å². The maximum Gasteiger partial charge on any atom is 0.460 e. The zero-order chi connectivity index (χ0) is 30.1. The Morgan fingerprint density at radius 1 is 1.05 bits per heavy atom. The van der Waals surface area contributed by atoms with Gasteiger partial charge < -0.3 is 30.5 Å². The summed E-state index contributed by atoms with van der Waals surface area (Å²) in [6.07, 6.45) is -13.9. The Kier molecular flexibility index (Phi) is 9.28. The van der Waals surface area contributed by atoms with Crippen molar-refractivity contribution in [2.75, 3.05) is 6.61 Å². The number of amides is 1. The van der Waals surface area contributed by atoms with Gasteiger partial charge in [0.05, 0.1) is 23.6 Å². The number of carbonyl (C=O) groups excluding carboxylic acids is 1. The van der Waals surface area contributed by atoms with E-state index in [1.807, 2.05) is 0 Å². The van der Waals surface area contributed by atoms with Gasteiger partial charge in [0, 0.05) is 0 Å². The lowest BCUT2D eigenvalue weighted by molar-refractivity contribution is -0.344. The summed E-state index contributed by atoms with van der Waals surface area (Å²) in [5, 5.41) is 39.5. The number of hydrogen-bond acceptors (Lipinski definition) is 8. The Morgan fingerprint density at radius 2 is 1.59 bits per heavy atom. The minimum atomic E-state index is -6.93. The number of alkyl halides is 7. The summed E-state index contributed by atoms with van der Waals surface area (Å²) in [4.78, 5) is 23.1. The van der Waals surface area contributed by atoms with Crippen LogP contribution in [0.3, 0.4) is 0 Å². The molecule has 220 valence electrons. The first-order valence-electron chi connectivity index (χ1n) is 10.5. The predicted octanol–water partition coefficient (Wildman–Crippen LogP) is 0.0410. The van der Waals surface area contributed by atoms with Gasteiger partial charge in [-0.1, -0.05) is 17.7 Å². The van der Waals surface area contributed by atoms with Crippen molar-refractivity contribution in [2.45, 2.75) is 60.2 Å². The van der Waals surface area contributed by atoms with Crippen LogP contribution in [0.4, 0.5) is 30.7 Å². The number of aryl methyl sites for hydroxylation is 1. The highest BCUT2D eigenvalue weighted by Gasteiger charge is 2.76. The highest BCUT2D eigenvalue weighted by Crippen LogP contribution is 2.46. The number of ether oxygens (including phenoxy) is 1. The summed E-state index contributed by atoms with van der Waals surface area (Å²) < 4.78 is 125. The fourth-order valence-corrected chi connectivity index (χ4v) is 4.47. The standard InChI is InChI=1S/C20H21F7N2O9S/c1-8-2-4-9(5-3-8)39(36,37)29-10-6-12(16(33)34)38-15(14(32)11(31)7-30)13(10)28-17(35)18(21,22)19(23,24)20(25,26)27/h2-6,10-11,13-15,29-32H,7H2,1H3,(H,28,35)(H,33,34)/t10-,11+,13+,14+,15+/m0/s1. The Labute approximate surface area is 214 Å². The summed E-state index contributed by atoms with van der Waals surface area (Å²) in [6, 6.07) is -0.132. The van der Waals surface area contributed by atoms with Crippen molar-refractivity contribution < 1.29 is 73.9 Å². The monoisotopic (exact) mass is 598 g/mol. The molecule has 0 radical (unpaired) electrons. The lowest BCUT2D eigenvalue weighted by Gasteiger charge is -2.40. The molecule has 0 unspecified atom stereocenters. The molecule has 19 heteroatoms. The number of halogens is 7. The Hall–Kier alpha value is -3.00. The molecule has 5 atom stereocenters. The van der Waals surface area contributed by atoms with Crippen molar-refractivity contribution in [3.63, 3.8) is 0 Å². The van der Waals surface area contributed by atoms with E-state index in [4.69, 9.17) is 9.84 Å². The van der Waals surface area contributed by atoms with Crippen LogP contribution in [0.15, 0.2) is 41.0 Å². The average Bonchev–Trinajstić information content (AvgIpc) is 2.82. The molecule has 0 saturated heterocycles. The van der Waals surface area contributed by atoms with Crippen LogP contribution in [0.25, 0.3) is 0 Å². The number of carboxylic acids is 1. The van der Waals surface area contributed by atoms with Gasteiger partial charge in [0.15, 0.2) is 0 Å². The van der Waals surface area contributed by atoms with Crippen molar-refractivity contribution in [3.05, 3.63) is 41.7 Å². The summed E-state index contributed by atoms with van der Waals surface area (Å²) in [6.45, 7) is 0.265. The molecule has 1 amide bonds. The van der Waals surface area contributed by atoms with E-state index >= 15 is 0 Å². The molecule has 0 spiro atoms. The van der Waals surface area contributed by atoms with Gasteiger partial charge in [-0.3, -0.25) is 4.79 Å². The minimum absolute atomic E-state index is 0.341. The molecule has 1 aromatic carbocycles. The lowest BCUT2D eigenvalue weighted by atomic mass is 9.92. The van der Waals surface area contributed by atoms with Gasteiger partial charge in [-0.05, 0) is 25.1 Å². The Bertz CT molecular complexity index is 1210. The zero-order valence-corrected chi connectivity index (χ0v) is 20.2. The van der Waals surface area contributed by atoms with Crippen LogP contribution < -0.4 is 10.0 Å². The van der Waals surface area contributed by atoms with E-state index in [0.29, 0.717) is 11.6 Å². The van der Waals surface area contributed by atoms with Gasteiger partial charge >= 0.3 is 24.0 Å². The van der Waals surface area contributed by atoms with E-state index in [9.17, 15) is 64.1 Å². The second-order valence-corrected chi connectivity index (χ2v) is 9.98. The number of carbonyl (C=O) groups is 2. The summed E-state index contributed by atoms with van der Waals surface area (Å²) in [5.41, 5.74) is 0.576. The number of aliphatic hydroxyl groups is 3. The first-order valence-corrected chi connectivity index (χ1v) is 12.0. The summed E-state index contributed by atoms with van der Waals surface area (Å²) in [5.74, 6) is -19.9. The van der Waals surface area contributed by atoms with Gasteiger partial charge in [0.1, 0.15) is 18.3 Å². The third-order valence-corrected chi connectivity index (χ3v) is 6.89. The SMILES string of the molecule is Cc1ccc(S(=O)(=O)N[C@H]2C=C(C(=O)O)O[C@@H]([C@H](O)[C@H](O)CO)[C@@H]2NC(=O)C(F)(F)C(F)(F)C(F)(F)F)cc1. The van der Waals surface area contributed by atoms with Crippen molar-refractivity contribution >= 4 is 21.9 Å². The van der Waals surface area contributed by atoms with Crippen LogP contribution in [0.1, 0.15) is 5.56 Å². The molecule has 1 aromatic rings. The van der Waals surface area contributed by atoms with E-state index in [2.05, 4.69) is 0 Å². The molecule has 6 N–H and O–H groups in total. The largest absolute Gasteiger partial charge is 0.478 e. The molecule has 0 aromatic heterocycles. The van der Waals surface area contributed by atoms with E-state index in [0.717, 1.165) is 17.4 Å². The first-order chi connectivity index (χ1) is 17.7. The fourth-order valence-electron chi connectivity index (χ4n) is 3.27. The molecule has 2 rings (SSSR count). The van der Waals surface area contributed by atoms with E-state index < -0.39 is 87.6 Å². The smallest absolute Gasteiger partial charge is 0.460 e. The molecule has 11 nitrogen and oxygen atoms in total. The van der Waals surface area contributed by atoms with Crippen molar-refractivity contribution in [2.24, 2.45) is 0 Å². The number of benzene rings is 1. The number of aliphatic hydroxyl groups excluding tert-OH is 3. The van der Waals surface area contributed by atoms with Gasteiger partial charge in [-0.15, -0.1) is 0 Å². The fraction of sp³-hybridized carbons (Fsp3) is 0.500. The maximum absolute atomic E-state index is 14.0. The number of hydrogen-bond donors (Lipinski definition) is 6. The molecule has 0 fully saturated rings. The molecular weight excluding hydrogens is 577 g/mol. The highest BCUT2D eigenvalue weighted by atomic mass is 32.2. The van der Waals surface area contributed by atoms with Crippen molar-refractivity contribution in [1.29, 1.82) is 0 Å². The first kappa shape index (κ1) is 32.2. The van der Waals surface area contributed by atoms with Crippen LogP contribution >= 0.6 is 0 Å². The van der Waals surface area contributed by atoms with Gasteiger partial charge in [-0.2, -0.15) is 30.7 Å². The maximum atomic E-state index is 14.0. The number of rotatable bonds is 10. The van der Waals surface area contributed by atoms with E-state index in [1.165, 1.54) is 12.1 Å². The quantitative estimate of drug-likeness (QED) is 0.203. The zero-order valence-electron chi connectivity index (χ0n) is 19.4. The van der Waals surface area contributed by atoms with Crippen molar-refractivity contribution in [1.82, 2.24) is 10.0 Å². The Morgan fingerprint density at radius 3 is 2.05 bits per heavy atom. The number of sulfonamides is 1. The molecule has 1 heterocycles. The average molecular weight is 598 g/mol. The molecule has 1 aliphatic rings. The van der Waals surface area contributed by atoms with Gasteiger partial charge in [0.25, 0.3) is 5.91 Å². The topological polar surface area (TPSA) is 182 Å². The van der Waals surface area contributed by atoms with Gasteiger partial charge in [-0.25, -0.2) is 17.9 Å². The number of carboxylic acid groups (broad SMARTS) is 1. The number of nitrogens with one attached hydrogen (secondary N) is 2. The van der Waals surface area contributed by atoms with Crippen LogP contribution in [0.2, 0.25) is 0 Å². The van der Waals surface area contributed by atoms with Crippen LogP contribution in [0, 0.1) is 6.92 Å². The molecule has 0 saturated carbocycles. The molecule has 39 heavy (non-hydrogen) atoms. The van der Waals surface area contributed by atoms with E-state index in [1.54, 1.807) is 11.6 Å². The highest BCUT2D eigenvalue weighted by molar-refractivity contribution is 7.89. The lowest BCUT2D eigenvalue weighted by Crippen LogP contribution is -2.67. The molecule has 0 aliphatic carbocycles. The second kappa shape index (κ2) is 11.2. The Balaban J connectivity index is 2.63. The van der Waals surface area contributed by atoms with Crippen molar-refractivity contribution in [3.8, 4) is 0 Å². The summed E-state index contributed by atoms with van der Waals surface area (Å²) in [7, 11) is -4.76. The van der Waals surface area contributed by atoms with E-state index in [-0.39, 0.29) is 0 Å². The summed E-state index contributed by atoms with van der Waals surface area (Å²) >= 11 is 0. The van der Waals surface area contributed by atoms with Crippen LogP contribution in [-0.2, 0) is 24.3 Å². The van der Waals surface area contributed by atoms with Crippen LogP contribution in [0.5, 0.6) is 0 Å². The molecule has 0 bridgehead atoms. The normalized spacial score (nSPS) is 22.3. The molecule has 1 aliphatic heterocycles.